The number of hydrogen-bond acceptors (Lipinski definition) is 1. The van der Waals surface area contributed by atoms with Crippen molar-refractivity contribution in [2.75, 3.05) is 61.0 Å². The standard InChI is InChI=1S/C9H20NO.C9H14N/c1-3-4-5-10(2)6-8-11-9-7-10;1-10(2,3)9-7-5-4-6-8-9/h3-9H2,1-2H3;4-8H,1-3H3/q2*+1. The smallest absolute Gasteiger partial charge is 0.132 e. The third-order valence-electron chi connectivity index (χ3n) is 4.13. The number of likely N-dealkylation sites (N-methyl/N-ethyl adjacent to an activating group) is 1. The molecule has 3 heteroatoms. The first-order valence-electron chi connectivity index (χ1n) is 8.16. The Kier molecular flexibility index (Phi) is 7.36. The number of morpholine rings is 1. The maximum atomic E-state index is 5.33. The molecule has 0 saturated carbocycles. The van der Waals surface area contributed by atoms with Gasteiger partial charge in [0.25, 0.3) is 0 Å². The summed E-state index contributed by atoms with van der Waals surface area (Å²) in [5, 5.41) is 0. The van der Waals surface area contributed by atoms with E-state index >= 15 is 0 Å². The van der Waals surface area contributed by atoms with Gasteiger partial charge in [0.2, 0.25) is 0 Å². The fourth-order valence-corrected chi connectivity index (χ4v) is 2.42. The lowest BCUT2D eigenvalue weighted by atomic mass is 10.2. The van der Waals surface area contributed by atoms with E-state index in [2.05, 4.69) is 59.4 Å². The predicted molar refractivity (Wildman–Crippen MR) is 92.5 cm³/mol. The van der Waals surface area contributed by atoms with E-state index in [-0.39, 0.29) is 0 Å². The van der Waals surface area contributed by atoms with Gasteiger partial charge in [-0.1, -0.05) is 31.5 Å². The number of nitrogens with zero attached hydrogens (tertiary/aromatic N) is 2. The molecular formula is C18H34N2O+2. The molecule has 1 heterocycles. The highest BCUT2D eigenvalue weighted by atomic mass is 16.5. The van der Waals surface area contributed by atoms with E-state index in [4.69, 9.17) is 4.74 Å². The average molecular weight is 294 g/mol. The SMILES string of the molecule is CCCC[N+]1(C)CCOCC1.C[N+](C)(C)c1ccccc1. The average Bonchev–Trinajstić information content (AvgIpc) is 2.47. The van der Waals surface area contributed by atoms with Crippen LogP contribution < -0.4 is 4.48 Å². The lowest BCUT2D eigenvalue weighted by Gasteiger charge is -2.37. The van der Waals surface area contributed by atoms with Gasteiger partial charge in [-0.15, -0.1) is 0 Å². The first-order valence-corrected chi connectivity index (χ1v) is 8.16. The Morgan fingerprint density at radius 1 is 1.05 bits per heavy atom. The summed E-state index contributed by atoms with van der Waals surface area (Å²) in [4.78, 5) is 0. The maximum Gasteiger partial charge on any atom is 0.132 e. The van der Waals surface area contributed by atoms with E-state index in [1.54, 1.807) is 0 Å². The van der Waals surface area contributed by atoms with Crippen LogP contribution in [0.5, 0.6) is 0 Å². The highest BCUT2D eigenvalue weighted by Gasteiger charge is 2.23. The second-order valence-electron chi connectivity index (χ2n) is 7.10. The molecule has 0 atom stereocenters. The molecule has 120 valence electrons. The van der Waals surface area contributed by atoms with E-state index in [9.17, 15) is 0 Å². The molecule has 0 bridgehead atoms. The van der Waals surface area contributed by atoms with Crippen molar-refractivity contribution in [2.45, 2.75) is 19.8 Å². The molecule has 1 saturated heterocycles. The van der Waals surface area contributed by atoms with Crippen LogP contribution in [0, 0.1) is 0 Å². The first kappa shape index (κ1) is 18.1. The second kappa shape index (κ2) is 8.52. The van der Waals surface area contributed by atoms with Crippen molar-refractivity contribution in [3.63, 3.8) is 0 Å². The number of unbranched alkanes of at least 4 members (excludes halogenated alkanes) is 1. The minimum atomic E-state index is 0.890. The van der Waals surface area contributed by atoms with Crippen LogP contribution in [0.15, 0.2) is 30.3 Å². The molecule has 1 aliphatic rings. The van der Waals surface area contributed by atoms with Crippen molar-refractivity contribution < 1.29 is 9.22 Å². The second-order valence-corrected chi connectivity index (χ2v) is 7.10. The summed E-state index contributed by atoms with van der Waals surface area (Å²) in [7, 11) is 8.83. The van der Waals surface area contributed by atoms with Crippen molar-refractivity contribution >= 4 is 5.69 Å². The Hall–Kier alpha value is -0.900. The zero-order valence-electron chi connectivity index (χ0n) is 14.6. The van der Waals surface area contributed by atoms with Gasteiger partial charge >= 0.3 is 0 Å². The summed E-state index contributed by atoms with van der Waals surface area (Å²) in [6.45, 7) is 7.92. The third-order valence-corrected chi connectivity index (χ3v) is 4.13. The van der Waals surface area contributed by atoms with Crippen molar-refractivity contribution in [1.29, 1.82) is 0 Å². The van der Waals surface area contributed by atoms with Gasteiger partial charge in [0, 0.05) is 0 Å². The minimum Gasteiger partial charge on any atom is -0.370 e. The van der Waals surface area contributed by atoms with Gasteiger partial charge in [-0.3, -0.25) is 4.48 Å². The number of quaternary nitrogens is 2. The largest absolute Gasteiger partial charge is 0.370 e. The zero-order chi connectivity index (χ0) is 15.8. The Morgan fingerprint density at radius 2 is 1.62 bits per heavy atom. The molecule has 0 aliphatic carbocycles. The number of hydrogen-bond donors (Lipinski definition) is 0. The van der Waals surface area contributed by atoms with Crippen LogP contribution in [-0.2, 0) is 4.74 Å². The number of rotatable bonds is 4. The van der Waals surface area contributed by atoms with E-state index in [1.807, 2.05) is 6.07 Å². The van der Waals surface area contributed by atoms with E-state index in [1.165, 1.54) is 42.6 Å². The molecule has 0 amide bonds. The molecule has 1 aromatic carbocycles. The van der Waals surface area contributed by atoms with Crippen molar-refractivity contribution in [3.05, 3.63) is 30.3 Å². The molecule has 0 unspecified atom stereocenters. The lowest BCUT2D eigenvalue weighted by molar-refractivity contribution is -0.917. The van der Waals surface area contributed by atoms with Crippen molar-refractivity contribution in [3.8, 4) is 0 Å². The van der Waals surface area contributed by atoms with Crippen LogP contribution >= 0.6 is 0 Å². The van der Waals surface area contributed by atoms with Crippen molar-refractivity contribution in [1.82, 2.24) is 4.48 Å². The summed E-state index contributed by atoms with van der Waals surface area (Å²) in [5.74, 6) is 0. The molecule has 0 N–H and O–H groups in total. The first-order chi connectivity index (χ1) is 9.87. The predicted octanol–water partition coefficient (Wildman–Crippen LogP) is 3.15. The third kappa shape index (κ3) is 7.07. The lowest BCUT2D eigenvalue weighted by Crippen LogP contribution is -2.52. The number of benzene rings is 1. The van der Waals surface area contributed by atoms with Crippen molar-refractivity contribution in [2.24, 2.45) is 0 Å². The molecule has 0 aromatic heterocycles. The molecule has 1 aromatic rings. The topological polar surface area (TPSA) is 9.23 Å². The molecule has 1 aliphatic heterocycles. The molecule has 2 rings (SSSR count). The Balaban J connectivity index is 0.000000211. The van der Waals surface area contributed by atoms with Gasteiger partial charge in [-0.2, -0.15) is 0 Å². The Bertz CT molecular complexity index is 378. The van der Waals surface area contributed by atoms with E-state index < -0.39 is 0 Å². The molecular weight excluding hydrogens is 260 g/mol. The van der Waals surface area contributed by atoms with Gasteiger partial charge in [-0.25, -0.2) is 0 Å². The molecule has 0 spiro atoms. The Morgan fingerprint density at radius 3 is 2.05 bits per heavy atom. The molecule has 3 nitrogen and oxygen atoms in total. The fourth-order valence-electron chi connectivity index (χ4n) is 2.42. The van der Waals surface area contributed by atoms with Crippen LogP contribution in [0.3, 0.4) is 0 Å². The van der Waals surface area contributed by atoms with Crippen LogP contribution in [0.1, 0.15) is 19.8 Å². The minimum absolute atomic E-state index is 0.890. The number of para-hydroxylation sites is 1. The Labute approximate surface area is 131 Å². The maximum absolute atomic E-state index is 5.33. The molecule has 21 heavy (non-hydrogen) atoms. The fraction of sp³-hybridized carbons (Fsp3) is 0.667. The van der Waals surface area contributed by atoms with E-state index in [0.29, 0.717) is 0 Å². The van der Waals surface area contributed by atoms with Crippen LogP contribution in [0.2, 0.25) is 0 Å². The summed E-state index contributed by atoms with van der Waals surface area (Å²) < 4.78 is 7.45. The normalized spacial score (nSPS) is 17.8. The summed E-state index contributed by atoms with van der Waals surface area (Å²) in [5.41, 5.74) is 1.34. The van der Waals surface area contributed by atoms with Gasteiger partial charge < -0.3 is 9.22 Å². The van der Waals surface area contributed by atoms with Gasteiger partial charge in [0.15, 0.2) is 0 Å². The van der Waals surface area contributed by atoms with Gasteiger partial charge in [0.1, 0.15) is 18.8 Å². The summed E-state index contributed by atoms with van der Waals surface area (Å²) in [6.07, 6.45) is 2.67. The van der Waals surface area contributed by atoms with Crippen LogP contribution in [-0.4, -0.2) is 65.5 Å². The molecule has 1 fully saturated rings. The van der Waals surface area contributed by atoms with Gasteiger partial charge in [0.05, 0.1) is 47.9 Å². The highest BCUT2D eigenvalue weighted by molar-refractivity contribution is 5.40. The summed E-state index contributed by atoms with van der Waals surface area (Å²) >= 11 is 0. The molecule has 0 radical (unpaired) electrons. The highest BCUT2D eigenvalue weighted by Crippen LogP contribution is 2.14. The van der Waals surface area contributed by atoms with Gasteiger partial charge in [-0.05, 0) is 18.6 Å². The zero-order valence-corrected chi connectivity index (χ0v) is 14.6. The van der Waals surface area contributed by atoms with Crippen LogP contribution in [0.25, 0.3) is 0 Å². The quantitative estimate of drug-likeness (QED) is 0.775. The van der Waals surface area contributed by atoms with E-state index in [0.717, 1.165) is 17.7 Å². The van der Waals surface area contributed by atoms with Crippen LogP contribution in [0.4, 0.5) is 5.69 Å². The summed E-state index contributed by atoms with van der Waals surface area (Å²) in [6, 6.07) is 10.5. The monoisotopic (exact) mass is 294 g/mol. The number of ether oxygens (including phenoxy) is 1.